The summed E-state index contributed by atoms with van der Waals surface area (Å²) in [7, 11) is 0. The SMILES string of the molecule is CC1C=C(n2c3ccccc3c3cc(-c4ccc(-c5ccc6oc7cccc(-c8nc(-c9ccccc9)nc(-c9ccccc9)n8)c7c6c5)c5ccccc45)ccc32)C=CC1. The lowest BCUT2D eigenvalue weighted by atomic mass is 9.91. The van der Waals surface area contributed by atoms with E-state index in [1.54, 1.807) is 0 Å². The molecular formula is C56H38N4O. The fourth-order valence-electron chi connectivity index (χ4n) is 9.30. The Balaban J connectivity index is 1.00. The number of rotatable bonds is 6. The Morgan fingerprint density at radius 2 is 1.05 bits per heavy atom. The molecule has 5 nitrogen and oxygen atoms in total. The third-order valence-electron chi connectivity index (χ3n) is 12.2. The molecule has 0 saturated heterocycles. The average molecular weight is 783 g/mol. The van der Waals surface area contributed by atoms with Crippen LogP contribution in [0.3, 0.4) is 0 Å². The van der Waals surface area contributed by atoms with Gasteiger partial charge in [-0.2, -0.15) is 0 Å². The quantitative estimate of drug-likeness (QED) is 0.169. The Morgan fingerprint density at radius 1 is 0.459 bits per heavy atom. The molecule has 1 atom stereocenters. The van der Waals surface area contributed by atoms with Gasteiger partial charge >= 0.3 is 0 Å². The summed E-state index contributed by atoms with van der Waals surface area (Å²) < 4.78 is 8.96. The molecule has 0 fully saturated rings. The molecule has 1 aliphatic rings. The minimum atomic E-state index is 0.507. The number of furan rings is 1. The first-order valence-electron chi connectivity index (χ1n) is 20.9. The maximum atomic E-state index is 6.53. The third kappa shape index (κ3) is 5.89. The van der Waals surface area contributed by atoms with Crippen molar-refractivity contribution >= 4 is 60.2 Å². The Hall–Kier alpha value is -7.89. The van der Waals surface area contributed by atoms with E-state index in [9.17, 15) is 0 Å². The molecule has 11 aromatic rings. The Bertz CT molecular complexity index is 3520. The molecule has 0 N–H and O–H groups in total. The predicted octanol–water partition coefficient (Wildman–Crippen LogP) is 14.8. The largest absolute Gasteiger partial charge is 0.456 e. The molecule has 5 heteroatoms. The number of para-hydroxylation sites is 1. The van der Waals surface area contributed by atoms with Crippen molar-refractivity contribution in [3.63, 3.8) is 0 Å². The summed E-state index contributed by atoms with van der Waals surface area (Å²) >= 11 is 0. The molecule has 8 aromatic carbocycles. The molecule has 3 aromatic heterocycles. The summed E-state index contributed by atoms with van der Waals surface area (Å²) in [6, 6.07) is 61.9. The van der Waals surface area contributed by atoms with Crippen LogP contribution < -0.4 is 0 Å². The Labute approximate surface area is 352 Å². The summed E-state index contributed by atoms with van der Waals surface area (Å²) in [4.78, 5) is 15.1. The first-order valence-corrected chi connectivity index (χ1v) is 20.9. The molecule has 288 valence electrons. The van der Waals surface area contributed by atoms with E-state index in [4.69, 9.17) is 19.4 Å². The molecule has 0 spiro atoms. The maximum Gasteiger partial charge on any atom is 0.164 e. The van der Waals surface area contributed by atoms with Crippen LogP contribution in [0.15, 0.2) is 199 Å². The monoisotopic (exact) mass is 782 g/mol. The fourth-order valence-corrected chi connectivity index (χ4v) is 9.30. The summed E-state index contributed by atoms with van der Waals surface area (Å²) in [5.41, 5.74) is 12.7. The number of hydrogen-bond donors (Lipinski definition) is 0. The van der Waals surface area contributed by atoms with Crippen LogP contribution in [0.4, 0.5) is 0 Å². The molecule has 0 amide bonds. The van der Waals surface area contributed by atoms with Crippen LogP contribution in [0.25, 0.3) is 117 Å². The van der Waals surface area contributed by atoms with Gasteiger partial charge in [-0.3, -0.25) is 0 Å². The standard InChI is InChI=1S/C56H38N4O/c1-35-14-12-19-40(32-35)60-49-24-11-10-22-45(49)47-33-38(26-30-50(47)60)41-28-29-42(44-21-9-8-20-43(41)44)39-27-31-51-48(34-39)53-46(23-13-25-52(53)61-51)56-58-54(36-15-4-2-5-16-36)57-55(59-56)37-17-6-3-7-18-37/h2-13,15-35H,14H2,1H3. The molecule has 0 radical (unpaired) electrons. The fraction of sp³-hybridized carbons (Fsp3) is 0.0536. The first-order chi connectivity index (χ1) is 30.1. The van der Waals surface area contributed by atoms with Gasteiger partial charge in [0.1, 0.15) is 11.2 Å². The van der Waals surface area contributed by atoms with Crippen LogP contribution in [-0.4, -0.2) is 19.5 Å². The van der Waals surface area contributed by atoms with Gasteiger partial charge in [-0.1, -0.05) is 159 Å². The van der Waals surface area contributed by atoms with Gasteiger partial charge in [0.05, 0.1) is 11.0 Å². The van der Waals surface area contributed by atoms with Crippen molar-refractivity contribution in [3.8, 4) is 56.4 Å². The first kappa shape index (κ1) is 35.1. The lowest BCUT2D eigenvalue weighted by Crippen LogP contribution is -2.01. The summed E-state index contributed by atoms with van der Waals surface area (Å²) in [6.07, 6.45) is 8.04. The predicted molar refractivity (Wildman–Crippen MR) is 252 cm³/mol. The normalized spacial score (nSPS) is 14.1. The zero-order chi connectivity index (χ0) is 40.4. The van der Waals surface area contributed by atoms with Gasteiger partial charge in [0.2, 0.25) is 0 Å². The van der Waals surface area contributed by atoms with Crippen LogP contribution in [0.1, 0.15) is 13.3 Å². The van der Waals surface area contributed by atoms with E-state index in [-0.39, 0.29) is 0 Å². The van der Waals surface area contributed by atoms with Crippen LogP contribution in [0, 0.1) is 5.92 Å². The zero-order valence-electron chi connectivity index (χ0n) is 33.5. The maximum absolute atomic E-state index is 6.53. The summed E-state index contributed by atoms with van der Waals surface area (Å²) in [6.45, 7) is 2.29. The minimum absolute atomic E-state index is 0.507. The van der Waals surface area contributed by atoms with E-state index in [0.29, 0.717) is 23.4 Å². The van der Waals surface area contributed by atoms with Crippen LogP contribution >= 0.6 is 0 Å². The molecule has 0 aliphatic heterocycles. The van der Waals surface area contributed by atoms with Gasteiger partial charge in [0.15, 0.2) is 17.5 Å². The molecular weight excluding hydrogens is 745 g/mol. The van der Waals surface area contributed by atoms with Crippen molar-refractivity contribution < 1.29 is 4.42 Å². The molecule has 1 aliphatic carbocycles. The number of allylic oxidation sites excluding steroid dienone is 4. The highest BCUT2D eigenvalue weighted by atomic mass is 16.3. The van der Waals surface area contributed by atoms with Gasteiger partial charge < -0.3 is 8.98 Å². The Morgan fingerprint density at radius 3 is 1.74 bits per heavy atom. The van der Waals surface area contributed by atoms with E-state index < -0.39 is 0 Å². The zero-order valence-corrected chi connectivity index (χ0v) is 33.5. The van der Waals surface area contributed by atoms with Crippen molar-refractivity contribution in [2.24, 2.45) is 5.92 Å². The van der Waals surface area contributed by atoms with Gasteiger partial charge in [-0.05, 0) is 87.8 Å². The second-order valence-electron chi connectivity index (χ2n) is 16.0. The molecule has 1 unspecified atom stereocenters. The molecule has 61 heavy (non-hydrogen) atoms. The Kier molecular flexibility index (Phi) is 8.13. The van der Waals surface area contributed by atoms with Crippen LogP contribution in [0.2, 0.25) is 0 Å². The number of benzene rings is 8. The number of hydrogen-bond acceptors (Lipinski definition) is 4. The lowest BCUT2D eigenvalue weighted by Gasteiger charge is -2.16. The van der Waals surface area contributed by atoms with Crippen molar-refractivity contribution in [2.75, 3.05) is 0 Å². The van der Waals surface area contributed by atoms with E-state index >= 15 is 0 Å². The smallest absolute Gasteiger partial charge is 0.164 e. The molecule has 0 saturated carbocycles. The number of nitrogens with zero attached hydrogens (tertiary/aromatic N) is 4. The van der Waals surface area contributed by atoms with Gasteiger partial charge in [0.25, 0.3) is 0 Å². The van der Waals surface area contributed by atoms with Gasteiger partial charge in [-0.25, -0.2) is 15.0 Å². The van der Waals surface area contributed by atoms with Crippen molar-refractivity contribution in [1.29, 1.82) is 0 Å². The second kappa shape index (κ2) is 14.1. The van der Waals surface area contributed by atoms with E-state index in [2.05, 4.69) is 133 Å². The van der Waals surface area contributed by atoms with Crippen molar-refractivity contribution in [1.82, 2.24) is 19.5 Å². The van der Waals surface area contributed by atoms with Crippen molar-refractivity contribution in [2.45, 2.75) is 13.3 Å². The average Bonchev–Trinajstić information content (AvgIpc) is 3.87. The highest BCUT2D eigenvalue weighted by molar-refractivity contribution is 6.15. The molecule has 12 rings (SSSR count). The van der Waals surface area contributed by atoms with Crippen LogP contribution in [-0.2, 0) is 0 Å². The minimum Gasteiger partial charge on any atom is -0.456 e. The highest BCUT2D eigenvalue weighted by Gasteiger charge is 2.20. The highest BCUT2D eigenvalue weighted by Crippen LogP contribution is 2.42. The van der Waals surface area contributed by atoms with Gasteiger partial charge in [0, 0.05) is 43.9 Å². The third-order valence-corrected chi connectivity index (χ3v) is 12.2. The number of fused-ring (bicyclic) bond motifs is 7. The van der Waals surface area contributed by atoms with E-state index in [0.717, 1.165) is 56.2 Å². The van der Waals surface area contributed by atoms with Crippen LogP contribution in [0.5, 0.6) is 0 Å². The van der Waals surface area contributed by atoms with Gasteiger partial charge in [-0.15, -0.1) is 0 Å². The lowest BCUT2D eigenvalue weighted by molar-refractivity contribution is 0.669. The summed E-state index contributed by atoms with van der Waals surface area (Å²) in [5, 5.41) is 6.91. The van der Waals surface area contributed by atoms with E-state index in [1.165, 1.54) is 49.4 Å². The van der Waals surface area contributed by atoms with E-state index in [1.807, 2.05) is 72.8 Å². The molecule has 3 heterocycles. The van der Waals surface area contributed by atoms with Crippen molar-refractivity contribution in [3.05, 3.63) is 194 Å². The summed E-state index contributed by atoms with van der Waals surface area (Å²) in [5.74, 6) is 2.36. The number of aromatic nitrogens is 4. The second-order valence-corrected chi connectivity index (χ2v) is 16.0. The molecule has 0 bridgehead atoms. The topological polar surface area (TPSA) is 56.7 Å².